The summed E-state index contributed by atoms with van der Waals surface area (Å²) in [7, 11) is 0. The first kappa shape index (κ1) is 14.5. The van der Waals surface area contributed by atoms with Crippen LogP contribution in [0.15, 0.2) is 36.5 Å². The van der Waals surface area contributed by atoms with Crippen molar-refractivity contribution in [3.63, 3.8) is 0 Å². The average molecular weight is 274 g/mol. The molecule has 0 amide bonds. The molecule has 1 heterocycles. The third-order valence-electron chi connectivity index (χ3n) is 2.93. The predicted octanol–water partition coefficient (Wildman–Crippen LogP) is 3.82. The van der Waals surface area contributed by atoms with Crippen molar-refractivity contribution in [1.29, 1.82) is 0 Å². The number of para-hydroxylation sites is 1. The van der Waals surface area contributed by atoms with Crippen molar-refractivity contribution in [3.05, 3.63) is 53.5 Å². The molecule has 0 spiro atoms. The van der Waals surface area contributed by atoms with Crippen LogP contribution in [0.4, 0.5) is 4.39 Å². The molecule has 0 unspecified atom stereocenters. The fourth-order valence-corrected chi connectivity index (χ4v) is 1.86. The molecule has 4 heteroatoms. The van der Waals surface area contributed by atoms with E-state index in [1.165, 1.54) is 12.3 Å². The molecule has 0 saturated heterocycles. The van der Waals surface area contributed by atoms with Crippen molar-refractivity contribution < 1.29 is 9.13 Å². The molecule has 0 atom stereocenters. The number of benzene rings is 1. The maximum absolute atomic E-state index is 13.3. The molecule has 0 saturated carbocycles. The Kier molecular flexibility index (Phi) is 5.07. The van der Waals surface area contributed by atoms with E-state index in [9.17, 15) is 4.39 Å². The Morgan fingerprint density at radius 3 is 2.85 bits per heavy atom. The first-order valence-electron chi connectivity index (χ1n) is 6.79. The summed E-state index contributed by atoms with van der Waals surface area (Å²) < 4.78 is 19.1. The van der Waals surface area contributed by atoms with Crippen LogP contribution in [0.5, 0.6) is 11.6 Å². The van der Waals surface area contributed by atoms with E-state index < -0.39 is 0 Å². The second kappa shape index (κ2) is 7.01. The lowest BCUT2D eigenvalue weighted by Gasteiger charge is -2.12. The summed E-state index contributed by atoms with van der Waals surface area (Å²) >= 11 is 0. The molecule has 0 fully saturated rings. The normalized spacial score (nSPS) is 10.6. The van der Waals surface area contributed by atoms with Crippen LogP contribution in [0.3, 0.4) is 0 Å². The zero-order chi connectivity index (χ0) is 14.4. The second-order valence-electron chi connectivity index (χ2n) is 4.66. The summed E-state index contributed by atoms with van der Waals surface area (Å²) in [5, 5.41) is 3.23. The van der Waals surface area contributed by atoms with Gasteiger partial charge in [-0.1, -0.05) is 25.1 Å². The molecule has 0 radical (unpaired) electrons. The van der Waals surface area contributed by atoms with E-state index in [1.54, 1.807) is 0 Å². The van der Waals surface area contributed by atoms with E-state index in [-0.39, 0.29) is 5.82 Å². The number of ether oxygens (including phenoxy) is 1. The Hall–Kier alpha value is -1.94. The monoisotopic (exact) mass is 274 g/mol. The van der Waals surface area contributed by atoms with Gasteiger partial charge in [0.2, 0.25) is 5.88 Å². The largest absolute Gasteiger partial charge is 0.438 e. The third kappa shape index (κ3) is 3.78. The van der Waals surface area contributed by atoms with Gasteiger partial charge in [0.15, 0.2) is 0 Å². The maximum atomic E-state index is 13.3. The molecular weight excluding hydrogens is 255 g/mol. The molecule has 0 aliphatic rings. The molecule has 1 aromatic heterocycles. The molecular formula is C16H19FN2O. The van der Waals surface area contributed by atoms with Crippen LogP contribution < -0.4 is 10.1 Å². The Labute approximate surface area is 118 Å². The van der Waals surface area contributed by atoms with Crippen molar-refractivity contribution in [2.75, 3.05) is 6.54 Å². The highest BCUT2D eigenvalue weighted by molar-refractivity contribution is 5.37. The minimum atomic E-state index is -0.351. The SMILES string of the molecule is CCCNCc1cc(F)cnc1Oc1ccccc1C. The Bertz CT molecular complexity index is 572. The summed E-state index contributed by atoms with van der Waals surface area (Å²) in [6.45, 7) is 5.47. The Balaban J connectivity index is 2.20. The number of nitrogens with one attached hydrogen (secondary N) is 1. The molecule has 2 aromatic rings. The van der Waals surface area contributed by atoms with Gasteiger partial charge in [-0.2, -0.15) is 0 Å². The lowest BCUT2D eigenvalue weighted by molar-refractivity contribution is 0.445. The highest BCUT2D eigenvalue weighted by Crippen LogP contribution is 2.26. The van der Waals surface area contributed by atoms with Crippen LogP contribution in [0.1, 0.15) is 24.5 Å². The number of aryl methyl sites for hydroxylation is 1. The number of hydrogen-bond donors (Lipinski definition) is 1. The van der Waals surface area contributed by atoms with Crippen LogP contribution in [-0.4, -0.2) is 11.5 Å². The van der Waals surface area contributed by atoms with Gasteiger partial charge in [-0.05, 0) is 37.6 Å². The zero-order valence-corrected chi connectivity index (χ0v) is 11.8. The molecule has 20 heavy (non-hydrogen) atoms. The third-order valence-corrected chi connectivity index (χ3v) is 2.93. The smallest absolute Gasteiger partial charge is 0.223 e. The fraction of sp³-hybridized carbons (Fsp3) is 0.312. The number of aromatic nitrogens is 1. The Morgan fingerprint density at radius 1 is 1.30 bits per heavy atom. The fourth-order valence-electron chi connectivity index (χ4n) is 1.86. The van der Waals surface area contributed by atoms with Gasteiger partial charge in [0.1, 0.15) is 11.6 Å². The van der Waals surface area contributed by atoms with Crippen molar-refractivity contribution in [2.45, 2.75) is 26.8 Å². The van der Waals surface area contributed by atoms with Gasteiger partial charge < -0.3 is 10.1 Å². The molecule has 0 aliphatic carbocycles. The number of halogens is 1. The number of pyridine rings is 1. The summed E-state index contributed by atoms with van der Waals surface area (Å²) in [5.41, 5.74) is 1.74. The highest BCUT2D eigenvalue weighted by Gasteiger charge is 2.09. The van der Waals surface area contributed by atoms with E-state index in [0.29, 0.717) is 12.4 Å². The minimum Gasteiger partial charge on any atom is -0.438 e. The lowest BCUT2D eigenvalue weighted by Crippen LogP contribution is -2.15. The quantitative estimate of drug-likeness (QED) is 0.813. The van der Waals surface area contributed by atoms with Gasteiger partial charge in [-0.15, -0.1) is 0 Å². The van der Waals surface area contributed by atoms with Gasteiger partial charge in [-0.25, -0.2) is 9.37 Å². The van der Waals surface area contributed by atoms with E-state index in [4.69, 9.17) is 4.74 Å². The van der Waals surface area contributed by atoms with Gasteiger partial charge in [0.25, 0.3) is 0 Å². The standard InChI is InChI=1S/C16H19FN2O/c1-3-8-18-10-13-9-14(17)11-19-16(13)20-15-7-5-4-6-12(15)2/h4-7,9,11,18H,3,8,10H2,1-2H3. The van der Waals surface area contributed by atoms with E-state index >= 15 is 0 Å². The van der Waals surface area contributed by atoms with Crippen LogP contribution in [0.2, 0.25) is 0 Å². The lowest BCUT2D eigenvalue weighted by atomic mass is 10.2. The van der Waals surface area contributed by atoms with Gasteiger partial charge >= 0.3 is 0 Å². The van der Waals surface area contributed by atoms with Crippen molar-refractivity contribution in [3.8, 4) is 11.6 Å². The maximum Gasteiger partial charge on any atom is 0.223 e. The van der Waals surface area contributed by atoms with E-state index in [2.05, 4.69) is 17.2 Å². The van der Waals surface area contributed by atoms with E-state index in [1.807, 2.05) is 31.2 Å². The zero-order valence-electron chi connectivity index (χ0n) is 11.8. The van der Waals surface area contributed by atoms with Crippen LogP contribution >= 0.6 is 0 Å². The molecule has 2 rings (SSSR count). The molecule has 3 nitrogen and oxygen atoms in total. The highest BCUT2D eigenvalue weighted by atomic mass is 19.1. The van der Waals surface area contributed by atoms with Crippen LogP contribution in [0.25, 0.3) is 0 Å². The average Bonchev–Trinajstić information content (AvgIpc) is 2.44. The molecule has 1 aromatic carbocycles. The molecule has 0 aliphatic heterocycles. The molecule has 1 N–H and O–H groups in total. The van der Waals surface area contributed by atoms with Gasteiger partial charge in [-0.3, -0.25) is 0 Å². The molecule has 0 bridgehead atoms. The summed E-state index contributed by atoms with van der Waals surface area (Å²) in [4.78, 5) is 4.06. The number of rotatable bonds is 6. The first-order chi connectivity index (χ1) is 9.70. The summed E-state index contributed by atoms with van der Waals surface area (Å²) in [6, 6.07) is 9.16. The molecule has 106 valence electrons. The summed E-state index contributed by atoms with van der Waals surface area (Å²) in [6.07, 6.45) is 2.20. The van der Waals surface area contributed by atoms with Crippen LogP contribution in [-0.2, 0) is 6.54 Å². The minimum absolute atomic E-state index is 0.351. The topological polar surface area (TPSA) is 34.2 Å². The summed E-state index contributed by atoms with van der Waals surface area (Å²) in [5.74, 6) is 0.836. The van der Waals surface area contributed by atoms with E-state index in [0.717, 1.165) is 29.8 Å². The van der Waals surface area contributed by atoms with Crippen molar-refractivity contribution in [1.82, 2.24) is 10.3 Å². The van der Waals surface area contributed by atoms with Gasteiger partial charge in [0, 0.05) is 12.1 Å². The number of hydrogen-bond acceptors (Lipinski definition) is 3. The predicted molar refractivity (Wildman–Crippen MR) is 77.4 cm³/mol. The Morgan fingerprint density at radius 2 is 2.10 bits per heavy atom. The first-order valence-corrected chi connectivity index (χ1v) is 6.79. The number of nitrogens with zero attached hydrogens (tertiary/aromatic N) is 1. The van der Waals surface area contributed by atoms with Crippen LogP contribution in [0, 0.1) is 12.7 Å². The van der Waals surface area contributed by atoms with Gasteiger partial charge in [0.05, 0.1) is 6.20 Å². The second-order valence-corrected chi connectivity index (χ2v) is 4.66. The van der Waals surface area contributed by atoms with Crippen molar-refractivity contribution in [2.24, 2.45) is 0 Å². The van der Waals surface area contributed by atoms with Crippen molar-refractivity contribution >= 4 is 0 Å².